The number of rotatable bonds is 7. The molecule has 7 heteroatoms. The average Bonchev–Trinajstić information content (AvgIpc) is 3.20. The highest BCUT2D eigenvalue weighted by Crippen LogP contribution is 2.37. The van der Waals surface area contributed by atoms with Crippen LogP contribution in [0.5, 0.6) is 11.5 Å². The molecule has 0 fully saturated rings. The Kier molecular flexibility index (Phi) is 5.00. The second kappa shape index (κ2) is 7.35. The summed E-state index contributed by atoms with van der Waals surface area (Å²) in [5.41, 5.74) is 1.67. The minimum atomic E-state index is -0.235. The fourth-order valence-electron chi connectivity index (χ4n) is 2.44. The quantitative estimate of drug-likeness (QED) is 0.785. The van der Waals surface area contributed by atoms with Crippen molar-refractivity contribution in [3.05, 3.63) is 29.5 Å². The van der Waals surface area contributed by atoms with E-state index < -0.39 is 0 Å². The van der Waals surface area contributed by atoms with Crippen LogP contribution in [0.2, 0.25) is 0 Å². The van der Waals surface area contributed by atoms with E-state index in [9.17, 15) is 4.79 Å². The maximum atomic E-state index is 12.5. The first-order chi connectivity index (χ1) is 11.7. The third-order valence-corrected chi connectivity index (χ3v) is 3.60. The van der Waals surface area contributed by atoms with Crippen LogP contribution < -0.4 is 14.8 Å². The van der Waals surface area contributed by atoms with E-state index in [0.29, 0.717) is 53.8 Å². The van der Waals surface area contributed by atoms with Crippen molar-refractivity contribution in [1.29, 1.82) is 0 Å². The zero-order valence-electron chi connectivity index (χ0n) is 13.8. The fourth-order valence-corrected chi connectivity index (χ4v) is 2.44. The fraction of sp³-hybridized carbons (Fsp3) is 0.412. The molecule has 2 heterocycles. The molecule has 128 valence electrons. The van der Waals surface area contributed by atoms with E-state index in [1.165, 1.54) is 0 Å². The van der Waals surface area contributed by atoms with E-state index in [2.05, 4.69) is 10.5 Å². The Morgan fingerprint density at radius 1 is 1.29 bits per heavy atom. The predicted molar refractivity (Wildman–Crippen MR) is 86.2 cm³/mol. The van der Waals surface area contributed by atoms with Gasteiger partial charge in [-0.3, -0.25) is 4.79 Å². The van der Waals surface area contributed by atoms with Crippen LogP contribution in [-0.4, -0.2) is 37.6 Å². The highest BCUT2D eigenvalue weighted by molar-refractivity contribution is 6.00. The van der Waals surface area contributed by atoms with Crippen LogP contribution in [0, 0.1) is 6.92 Å². The summed E-state index contributed by atoms with van der Waals surface area (Å²) in [5, 5.41) is 6.75. The number of nitrogens with zero attached hydrogens (tertiary/aromatic N) is 1. The Hall–Kier alpha value is -2.54. The SMILES string of the molecule is CCCOCCNC(=O)c1c(C)noc1-c1ccc2c(c1)OCO2. The van der Waals surface area contributed by atoms with Gasteiger partial charge < -0.3 is 24.1 Å². The van der Waals surface area contributed by atoms with Crippen LogP contribution in [-0.2, 0) is 4.74 Å². The highest BCUT2D eigenvalue weighted by Gasteiger charge is 2.23. The molecule has 1 aromatic heterocycles. The first kappa shape index (κ1) is 16.3. The third-order valence-electron chi connectivity index (χ3n) is 3.60. The van der Waals surface area contributed by atoms with Gasteiger partial charge in [0.2, 0.25) is 6.79 Å². The van der Waals surface area contributed by atoms with E-state index in [1.807, 2.05) is 13.0 Å². The van der Waals surface area contributed by atoms with Crippen LogP contribution in [0.3, 0.4) is 0 Å². The summed E-state index contributed by atoms with van der Waals surface area (Å²) in [6.45, 7) is 5.57. The Labute approximate surface area is 139 Å². The van der Waals surface area contributed by atoms with Gasteiger partial charge in [-0.05, 0) is 31.5 Å². The molecule has 24 heavy (non-hydrogen) atoms. The molecule has 3 rings (SSSR count). The number of carbonyl (C=O) groups excluding carboxylic acids is 1. The molecule has 0 radical (unpaired) electrons. The number of benzene rings is 1. The summed E-state index contributed by atoms with van der Waals surface area (Å²) in [7, 11) is 0. The molecule has 0 spiro atoms. The lowest BCUT2D eigenvalue weighted by Crippen LogP contribution is -2.28. The van der Waals surface area contributed by atoms with Crippen molar-refractivity contribution in [2.75, 3.05) is 26.6 Å². The van der Waals surface area contributed by atoms with E-state index in [0.717, 1.165) is 6.42 Å². The van der Waals surface area contributed by atoms with E-state index >= 15 is 0 Å². The minimum absolute atomic E-state index is 0.194. The molecule has 1 N–H and O–H groups in total. The van der Waals surface area contributed by atoms with Gasteiger partial charge in [0.25, 0.3) is 5.91 Å². The summed E-state index contributed by atoms with van der Waals surface area (Å²) >= 11 is 0. The van der Waals surface area contributed by atoms with Crippen LogP contribution in [0.4, 0.5) is 0 Å². The number of aromatic nitrogens is 1. The minimum Gasteiger partial charge on any atom is -0.454 e. The molecule has 0 saturated heterocycles. The molecule has 2 aromatic rings. The molecule has 1 aliphatic rings. The number of nitrogens with one attached hydrogen (secondary N) is 1. The van der Waals surface area contributed by atoms with Gasteiger partial charge in [-0.1, -0.05) is 12.1 Å². The first-order valence-electron chi connectivity index (χ1n) is 7.93. The van der Waals surface area contributed by atoms with Crippen molar-refractivity contribution >= 4 is 5.91 Å². The number of fused-ring (bicyclic) bond motifs is 1. The van der Waals surface area contributed by atoms with Gasteiger partial charge in [0, 0.05) is 18.7 Å². The second-order valence-electron chi connectivity index (χ2n) is 5.41. The number of aryl methyl sites for hydroxylation is 1. The summed E-state index contributed by atoms with van der Waals surface area (Å²) in [6, 6.07) is 5.38. The smallest absolute Gasteiger partial charge is 0.257 e. The van der Waals surface area contributed by atoms with Crippen LogP contribution in [0.25, 0.3) is 11.3 Å². The number of hydrogen-bond donors (Lipinski definition) is 1. The van der Waals surface area contributed by atoms with Gasteiger partial charge in [0.15, 0.2) is 17.3 Å². The zero-order chi connectivity index (χ0) is 16.9. The number of ether oxygens (including phenoxy) is 3. The van der Waals surface area contributed by atoms with Crippen molar-refractivity contribution in [3.63, 3.8) is 0 Å². The van der Waals surface area contributed by atoms with Gasteiger partial charge in [0.1, 0.15) is 5.56 Å². The van der Waals surface area contributed by atoms with Crippen molar-refractivity contribution in [2.24, 2.45) is 0 Å². The summed E-state index contributed by atoms with van der Waals surface area (Å²) in [4.78, 5) is 12.5. The lowest BCUT2D eigenvalue weighted by atomic mass is 10.1. The standard InChI is InChI=1S/C17H20N2O5/c1-3-7-21-8-6-18-17(20)15-11(2)19-24-16(15)12-4-5-13-14(9-12)23-10-22-13/h4-5,9H,3,6-8,10H2,1-2H3,(H,18,20). The Bertz CT molecular complexity index is 726. The number of hydrogen-bond acceptors (Lipinski definition) is 6. The van der Waals surface area contributed by atoms with Gasteiger partial charge >= 0.3 is 0 Å². The number of carbonyl (C=O) groups is 1. The second-order valence-corrected chi connectivity index (χ2v) is 5.41. The van der Waals surface area contributed by atoms with Gasteiger partial charge in [0.05, 0.1) is 12.3 Å². The molecular weight excluding hydrogens is 312 g/mol. The molecule has 0 unspecified atom stereocenters. The molecular formula is C17H20N2O5. The van der Waals surface area contributed by atoms with Crippen LogP contribution in [0.15, 0.2) is 22.7 Å². The largest absolute Gasteiger partial charge is 0.454 e. The monoisotopic (exact) mass is 332 g/mol. The van der Waals surface area contributed by atoms with Gasteiger partial charge in [-0.15, -0.1) is 0 Å². The molecule has 0 saturated carbocycles. The molecule has 0 aliphatic carbocycles. The summed E-state index contributed by atoms with van der Waals surface area (Å²) in [6.07, 6.45) is 0.951. The van der Waals surface area contributed by atoms with Gasteiger partial charge in [-0.25, -0.2) is 0 Å². The topological polar surface area (TPSA) is 82.8 Å². The van der Waals surface area contributed by atoms with Crippen molar-refractivity contribution in [1.82, 2.24) is 10.5 Å². The lowest BCUT2D eigenvalue weighted by Gasteiger charge is -2.06. The molecule has 0 atom stereocenters. The Balaban J connectivity index is 1.75. The van der Waals surface area contributed by atoms with Crippen molar-refractivity contribution in [3.8, 4) is 22.8 Å². The maximum Gasteiger partial charge on any atom is 0.257 e. The van der Waals surface area contributed by atoms with E-state index in [4.69, 9.17) is 18.7 Å². The molecule has 1 aromatic carbocycles. The zero-order valence-corrected chi connectivity index (χ0v) is 13.8. The normalized spacial score (nSPS) is 12.4. The van der Waals surface area contributed by atoms with Crippen LogP contribution >= 0.6 is 0 Å². The summed E-state index contributed by atoms with van der Waals surface area (Å²) < 4.78 is 21.4. The molecule has 1 aliphatic heterocycles. The van der Waals surface area contributed by atoms with Crippen LogP contribution in [0.1, 0.15) is 29.4 Å². The third kappa shape index (κ3) is 3.35. The molecule has 0 bridgehead atoms. The maximum absolute atomic E-state index is 12.5. The van der Waals surface area contributed by atoms with E-state index in [1.54, 1.807) is 19.1 Å². The van der Waals surface area contributed by atoms with Crippen molar-refractivity contribution in [2.45, 2.75) is 20.3 Å². The number of amides is 1. The molecule has 7 nitrogen and oxygen atoms in total. The average molecular weight is 332 g/mol. The Morgan fingerprint density at radius 3 is 2.96 bits per heavy atom. The predicted octanol–water partition coefficient (Wildman–Crippen LogP) is 2.54. The van der Waals surface area contributed by atoms with Crippen molar-refractivity contribution < 1.29 is 23.5 Å². The first-order valence-corrected chi connectivity index (χ1v) is 7.93. The highest BCUT2D eigenvalue weighted by atomic mass is 16.7. The lowest BCUT2D eigenvalue weighted by molar-refractivity contribution is 0.0915. The molecule has 1 amide bonds. The van der Waals surface area contributed by atoms with E-state index in [-0.39, 0.29) is 12.7 Å². The Morgan fingerprint density at radius 2 is 2.12 bits per heavy atom. The summed E-state index contributed by atoms with van der Waals surface area (Å²) in [5.74, 6) is 1.48. The van der Waals surface area contributed by atoms with Gasteiger partial charge in [-0.2, -0.15) is 0 Å².